The number of imide groups is 2. The van der Waals surface area contributed by atoms with E-state index in [2.05, 4.69) is 77.6 Å². The molecule has 0 spiro atoms. The molecule has 10 rings (SSSR count). The Morgan fingerprint density at radius 2 is 0.698 bits per heavy atom. The van der Waals surface area contributed by atoms with E-state index in [9.17, 15) is 19.2 Å². The zero-order valence-electron chi connectivity index (χ0n) is 37.1. The molecule has 0 aromatic heterocycles. The third-order valence-electron chi connectivity index (χ3n) is 14.8. The van der Waals surface area contributed by atoms with Gasteiger partial charge in [-0.1, -0.05) is 24.3 Å². The summed E-state index contributed by atoms with van der Waals surface area (Å²) in [7, 11) is 4.29. The lowest BCUT2D eigenvalue weighted by atomic mass is 9.92. The van der Waals surface area contributed by atoms with E-state index in [1.54, 1.807) is 0 Å². The number of carbonyl (C=O) groups excluding carboxylic acids is 4. The molecule has 4 fully saturated rings. The minimum atomic E-state index is -0.181. The third kappa shape index (κ3) is 8.21. The van der Waals surface area contributed by atoms with Gasteiger partial charge >= 0.3 is 0 Å². The van der Waals surface area contributed by atoms with E-state index in [4.69, 9.17) is 0 Å². The predicted octanol–water partition coefficient (Wildman–Crippen LogP) is 3.01. The molecule has 0 unspecified atom stereocenters. The van der Waals surface area contributed by atoms with Gasteiger partial charge in [-0.2, -0.15) is 0 Å². The van der Waals surface area contributed by atoms with Gasteiger partial charge in [0.1, 0.15) is 0 Å². The molecule has 4 saturated heterocycles. The first-order valence-corrected chi connectivity index (χ1v) is 23.3. The van der Waals surface area contributed by atoms with Crippen molar-refractivity contribution in [1.29, 1.82) is 0 Å². The van der Waals surface area contributed by atoms with Crippen molar-refractivity contribution in [2.75, 3.05) is 168 Å². The Morgan fingerprint density at radius 3 is 1.06 bits per heavy atom. The van der Waals surface area contributed by atoms with Crippen molar-refractivity contribution in [3.63, 3.8) is 0 Å². The van der Waals surface area contributed by atoms with Gasteiger partial charge in [0.15, 0.2) is 0 Å². The van der Waals surface area contributed by atoms with Gasteiger partial charge in [-0.15, -0.1) is 0 Å². The molecule has 0 N–H and O–H groups in total. The molecule has 6 aliphatic heterocycles. The summed E-state index contributed by atoms with van der Waals surface area (Å²) in [5.74, 6) is -0.723. The quantitative estimate of drug-likeness (QED) is 0.196. The van der Waals surface area contributed by atoms with Crippen LogP contribution < -0.4 is 9.80 Å². The molecule has 332 valence electrons. The van der Waals surface area contributed by atoms with Crippen molar-refractivity contribution in [3.8, 4) is 0 Å². The molecule has 4 aromatic carbocycles. The Morgan fingerprint density at radius 1 is 0.365 bits per heavy atom. The molecule has 4 amide bonds. The molecule has 14 heteroatoms. The number of hydrogen-bond acceptors (Lipinski definition) is 12. The highest BCUT2D eigenvalue weighted by Gasteiger charge is 2.36. The summed E-state index contributed by atoms with van der Waals surface area (Å²) in [5.41, 5.74) is 4.75. The minimum absolute atomic E-state index is 0.181. The van der Waals surface area contributed by atoms with E-state index in [1.807, 2.05) is 36.4 Å². The van der Waals surface area contributed by atoms with Crippen molar-refractivity contribution in [1.82, 2.24) is 39.2 Å². The van der Waals surface area contributed by atoms with E-state index in [1.165, 1.54) is 9.80 Å². The van der Waals surface area contributed by atoms with Gasteiger partial charge in [0.2, 0.25) is 0 Å². The summed E-state index contributed by atoms with van der Waals surface area (Å²) in [4.78, 5) is 77.4. The molecule has 0 saturated carbocycles. The number of benzene rings is 4. The van der Waals surface area contributed by atoms with Crippen LogP contribution in [0.25, 0.3) is 21.5 Å². The molecular weight excluding hydrogens is 793 g/mol. The highest BCUT2D eigenvalue weighted by atomic mass is 16.2. The first-order valence-electron chi connectivity index (χ1n) is 23.3. The lowest BCUT2D eigenvalue weighted by Gasteiger charge is -2.38. The molecule has 6 heterocycles. The monoisotopic (exact) mass is 854 g/mol. The summed E-state index contributed by atoms with van der Waals surface area (Å²) < 4.78 is 0. The molecule has 0 aliphatic carbocycles. The van der Waals surface area contributed by atoms with E-state index in [-0.39, 0.29) is 23.6 Å². The van der Waals surface area contributed by atoms with Crippen molar-refractivity contribution in [3.05, 3.63) is 82.9 Å². The largest absolute Gasteiger partial charge is 0.368 e. The summed E-state index contributed by atoms with van der Waals surface area (Å²) in [6.07, 6.45) is 1.11. The van der Waals surface area contributed by atoms with Crippen LogP contribution in [0.15, 0.2) is 60.7 Å². The van der Waals surface area contributed by atoms with Crippen LogP contribution in [0.4, 0.5) is 11.4 Å². The highest BCUT2D eigenvalue weighted by Crippen LogP contribution is 2.38. The Balaban J connectivity index is 0.648. The van der Waals surface area contributed by atoms with Crippen molar-refractivity contribution in [2.24, 2.45) is 0 Å². The van der Waals surface area contributed by atoms with E-state index in [0.717, 1.165) is 157 Å². The van der Waals surface area contributed by atoms with E-state index in [0.29, 0.717) is 48.4 Å². The molecule has 14 nitrogen and oxygen atoms in total. The highest BCUT2D eigenvalue weighted by molar-refractivity contribution is 6.28. The summed E-state index contributed by atoms with van der Waals surface area (Å²) in [6, 6.07) is 19.8. The second-order valence-electron chi connectivity index (χ2n) is 18.5. The van der Waals surface area contributed by atoms with Crippen molar-refractivity contribution >= 4 is 56.5 Å². The number of hydrogen-bond donors (Lipinski definition) is 0. The minimum Gasteiger partial charge on any atom is -0.368 e. The second kappa shape index (κ2) is 17.9. The van der Waals surface area contributed by atoms with Crippen LogP contribution in [-0.2, 0) is 0 Å². The van der Waals surface area contributed by atoms with Gasteiger partial charge in [-0.05, 0) is 70.0 Å². The summed E-state index contributed by atoms with van der Waals surface area (Å²) in [5, 5.41) is 3.60. The molecule has 4 aromatic rings. The van der Waals surface area contributed by atoms with Crippen LogP contribution in [0.2, 0.25) is 0 Å². The van der Waals surface area contributed by atoms with Crippen LogP contribution in [0.1, 0.15) is 47.9 Å². The maximum Gasteiger partial charge on any atom is 0.261 e. The first kappa shape index (κ1) is 42.0. The van der Waals surface area contributed by atoms with Crippen molar-refractivity contribution in [2.45, 2.75) is 6.42 Å². The Labute approximate surface area is 371 Å². The number of amides is 4. The number of nitrogens with zero attached hydrogens (tertiary/aromatic N) is 10. The first-order chi connectivity index (χ1) is 30.7. The maximum atomic E-state index is 13.8. The topological polar surface area (TPSA) is 101 Å². The standard InChI is InChI=1S/C49H62N10O4/c1-50-16-30-56(31-17-50)42-12-10-40-44-36(42)6-3-8-38(44)46(60)58(48(40)62)34-28-54-24-20-52(21-25-54)14-5-15-53-22-26-55(27-23-53)29-35-59-47(61)39-9-4-7-37-43(57-32-18-51(2)19-33-57)13-11-41(45(37)39)49(59)63/h3-4,6-13H,5,14-35H2,1-2H3. The lowest BCUT2D eigenvalue weighted by molar-refractivity contribution is 0.0563. The molecule has 0 radical (unpaired) electrons. The van der Waals surface area contributed by atoms with Gasteiger partial charge < -0.3 is 29.4 Å². The van der Waals surface area contributed by atoms with Crippen molar-refractivity contribution < 1.29 is 19.2 Å². The molecule has 63 heavy (non-hydrogen) atoms. The van der Waals surface area contributed by atoms with E-state index < -0.39 is 0 Å². The number of carbonyl (C=O) groups is 4. The lowest BCUT2D eigenvalue weighted by Crippen LogP contribution is -2.51. The number of piperazine rings is 4. The fraction of sp³-hybridized carbons (Fsp3) is 0.510. The SMILES string of the molecule is CN1CCN(c2ccc3c4c(cccc24)C(=O)N(CCN2CCN(CCCN4CCN(CCN5C(=O)c6cccc7c(N8CCN(C)CC8)ccc(c67)C5=O)CC4)CC2)C3=O)CC1. The van der Waals surface area contributed by atoms with E-state index >= 15 is 0 Å². The average molecular weight is 855 g/mol. The summed E-state index contributed by atoms with van der Waals surface area (Å²) >= 11 is 0. The number of rotatable bonds is 12. The number of anilines is 2. The zero-order valence-corrected chi connectivity index (χ0v) is 37.1. The smallest absolute Gasteiger partial charge is 0.261 e. The molecule has 0 bridgehead atoms. The summed E-state index contributed by atoms with van der Waals surface area (Å²) in [6.45, 7) is 19.6. The van der Waals surface area contributed by atoms with Crippen LogP contribution in [-0.4, -0.2) is 221 Å². The second-order valence-corrected chi connectivity index (χ2v) is 18.5. The van der Waals surface area contributed by atoms with Gasteiger partial charge in [0, 0.05) is 186 Å². The molecule has 0 atom stereocenters. The van der Waals surface area contributed by atoms with Gasteiger partial charge in [-0.3, -0.25) is 38.8 Å². The average Bonchev–Trinajstić information content (AvgIpc) is 3.31. The Hall–Kier alpha value is -4.96. The van der Waals surface area contributed by atoms with Gasteiger partial charge in [0.05, 0.1) is 0 Å². The third-order valence-corrected chi connectivity index (χ3v) is 14.8. The van der Waals surface area contributed by atoms with Crippen LogP contribution in [0.3, 0.4) is 0 Å². The molecular formula is C49H62N10O4. The Bertz CT molecular complexity index is 2180. The fourth-order valence-corrected chi connectivity index (χ4v) is 10.8. The fourth-order valence-electron chi connectivity index (χ4n) is 10.8. The maximum absolute atomic E-state index is 13.8. The molecule has 6 aliphatic rings. The van der Waals surface area contributed by atoms with Crippen LogP contribution >= 0.6 is 0 Å². The normalized spacial score (nSPS) is 21.5. The zero-order chi connectivity index (χ0) is 43.2. The van der Waals surface area contributed by atoms with Gasteiger partial charge in [0.25, 0.3) is 23.6 Å². The number of likely N-dealkylation sites (N-methyl/N-ethyl adjacent to an activating group) is 2. The predicted molar refractivity (Wildman–Crippen MR) is 248 cm³/mol. The van der Waals surface area contributed by atoms with Crippen LogP contribution in [0.5, 0.6) is 0 Å². The van der Waals surface area contributed by atoms with Crippen LogP contribution in [0, 0.1) is 0 Å². The Kier molecular flexibility index (Phi) is 11.9. The van der Waals surface area contributed by atoms with Gasteiger partial charge in [-0.25, -0.2) is 0 Å².